The zero-order valence-corrected chi connectivity index (χ0v) is 17.7. The van der Waals surface area contributed by atoms with Crippen molar-refractivity contribution < 1.29 is 22.6 Å². The van der Waals surface area contributed by atoms with E-state index in [4.69, 9.17) is 13.2 Å². The van der Waals surface area contributed by atoms with E-state index < -0.39 is 14.8 Å². The minimum absolute atomic E-state index is 0.0279. The van der Waals surface area contributed by atoms with Crippen LogP contribution in [0.2, 0.25) is 0 Å². The normalized spacial score (nSPS) is 19.8. The molecule has 0 atom stereocenters. The number of hydrogen-bond acceptors (Lipinski definition) is 6. The maximum atomic E-state index is 12.0. The number of hydroxylamine groups is 2. The van der Waals surface area contributed by atoms with E-state index in [1.165, 1.54) is 0 Å². The van der Waals surface area contributed by atoms with Crippen LogP contribution in [-0.4, -0.2) is 49.3 Å². The van der Waals surface area contributed by atoms with Crippen molar-refractivity contribution >= 4 is 23.0 Å². The zero-order valence-electron chi connectivity index (χ0n) is 15.9. The van der Waals surface area contributed by atoms with E-state index in [9.17, 15) is 9.36 Å². The first kappa shape index (κ1) is 21.8. The summed E-state index contributed by atoms with van der Waals surface area (Å²) in [6, 6.07) is 0. The number of carbonyl (C=O) groups is 1. The van der Waals surface area contributed by atoms with Gasteiger partial charge < -0.3 is 13.2 Å². The van der Waals surface area contributed by atoms with E-state index in [1.807, 2.05) is 40.9 Å². The van der Waals surface area contributed by atoms with Gasteiger partial charge in [0.25, 0.3) is 7.66 Å². The topological polar surface area (TPSA) is 65.1 Å². The van der Waals surface area contributed by atoms with Gasteiger partial charge in [-0.2, -0.15) is 0 Å². The molecule has 1 rings (SSSR count). The van der Waals surface area contributed by atoms with E-state index in [-0.39, 0.29) is 13.6 Å². The van der Waals surface area contributed by atoms with Gasteiger partial charge in [0.15, 0.2) is 0 Å². The monoisotopic (exact) mass is 383 g/mol. The summed E-state index contributed by atoms with van der Waals surface area (Å²) in [5.41, 5.74) is -0.503. The van der Waals surface area contributed by atoms with Gasteiger partial charge in [-0.3, -0.25) is 4.57 Å². The van der Waals surface area contributed by atoms with Crippen molar-refractivity contribution in [1.29, 1.82) is 0 Å². The standard InChI is InChI=1S/C16H34NO5PS/c1-7-20-24(6,23-19,21-8-2)13-14-9-11-17(12-10-14)22-15(18)16(3,4)5/h14,24H,7-13H2,1-6H3. The van der Waals surface area contributed by atoms with Crippen molar-refractivity contribution in [1.82, 2.24) is 5.06 Å². The number of carbonyl (C=O) groups excluding carboxylic acids is 1. The first-order valence-corrected chi connectivity index (χ1v) is 12.9. The summed E-state index contributed by atoms with van der Waals surface area (Å²) in [6.45, 7) is 11.7. The molecule has 1 saturated heterocycles. The second kappa shape index (κ2) is 8.45. The van der Waals surface area contributed by atoms with E-state index in [1.54, 1.807) is 5.06 Å². The van der Waals surface area contributed by atoms with Gasteiger partial charge >= 0.3 is 5.97 Å². The van der Waals surface area contributed by atoms with Crippen molar-refractivity contribution in [3.8, 4) is 0 Å². The molecule has 0 aromatic heterocycles. The number of thiol groups is 1. The van der Waals surface area contributed by atoms with Gasteiger partial charge in [0, 0.05) is 25.1 Å². The Labute approximate surface area is 148 Å². The SMILES string of the molecule is CCO[SH](C)(CC1CCN(OC(=O)C(C)(C)C)CC1)(OCC)P=O. The van der Waals surface area contributed by atoms with Crippen LogP contribution in [0, 0.1) is 11.3 Å². The minimum atomic E-state index is -3.13. The summed E-state index contributed by atoms with van der Waals surface area (Å²) in [7, 11) is -3.16. The lowest BCUT2D eigenvalue weighted by molar-refractivity contribution is -0.205. The van der Waals surface area contributed by atoms with Crippen molar-refractivity contribution in [3.63, 3.8) is 0 Å². The molecule has 0 spiro atoms. The Bertz CT molecular complexity index is 440. The third-order valence-electron chi connectivity index (χ3n) is 4.20. The van der Waals surface area contributed by atoms with E-state index in [0.29, 0.717) is 38.0 Å². The smallest absolute Gasteiger partial charge is 0.330 e. The number of nitrogens with zero attached hydrogens (tertiary/aromatic N) is 1. The Kier molecular flexibility index (Phi) is 7.69. The van der Waals surface area contributed by atoms with Gasteiger partial charge in [-0.05, 0) is 53.4 Å². The van der Waals surface area contributed by atoms with Crippen LogP contribution >= 0.6 is 17.0 Å². The largest absolute Gasteiger partial charge is 0.367 e. The first-order valence-electron chi connectivity index (χ1n) is 8.70. The van der Waals surface area contributed by atoms with Gasteiger partial charge in [-0.1, -0.05) is 0 Å². The average Bonchev–Trinajstić information content (AvgIpc) is 2.49. The lowest BCUT2D eigenvalue weighted by Gasteiger charge is -2.59. The summed E-state index contributed by atoms with van der Waals surface area (Å²) in [5, 5.41) is 1.74. The summed E-state index contributed by atoms with van der Waals surface area (Å²) >= 11 is 0. The Morgan fingerprint density at radius 3 is 2.04 bits per heavy atom. The molecule has 24 heavy (non-hydrogen) atoms. The highest BCUT2D eigenvalue weighted by Gasteiger charge is 2.37. The molecule has 1 aliphatic heterocycles. The van der Waals surface area contributed by atoms with Gasteiger partial charge in [-0.25, -0.2) is 14.1 Å². The lowest BCUT2D eigenvalue weighted by Crippen LogP contribution is -2.40. The highest BCUT2D eigenvalue weighted by molar-refractivity contribution is 8.76. The molecule has 0 unspecified atom stereocenters. The van der Waals surface area contributed by atoms with Crippen LogP contribution in [0.3, 0.4) is 0 Å². The fourth-order valence-corrected chi connectivity index (χ4v) is 8.08. The lowest BCUT2D eigenvalue weighted by atomic mass is 9.97. The quantitative estimate of drug-likeness (QED) is 0.505. The highest BCUT2D eigenvalue weighted by atomic mass is 32.8. The molecule has 8 heteroatoms. The van der Waals surface area contributed by atoms with Crippen molar-refractivity contribution in [2.45, 2.75) is 47.5 Å². The Morgan fingerprint density at radius 1 is 1.17 bits per heavy atom. The molecule has 0 N–H and O–H groups in total. The van der Waals surface area contributed by atoms with Crippen LogP contribution in [-0.2, 0) is 22.6 Å². The van der Waals surface area contributed by atoms with E-state index in [0.717, 1.165) is 12.8 Å². The molecule has 0 radical (unpaired) electrons. The zero-order chi connectivity index (χ0) is 18.5. The van der Waals surface area contributed by atoms with Crippen LogP contribution in [0.5, 0.6) is 0 Å². The third kappa shape index (κ3) is 5.95. The fraction of sp³-hybridized carbons (Fsp3) is 0.938. The van der Waals surface area contributed by atoms with Gasteiger partial charge in [0.05, 0.1) is 18.6 Å². The van der Waals surface area contributed by atoms with Crippen LogP contribution in [0.25, 0.3) is 0 Å². The molecule has 0 aromatic carbocycles. The van der Waals surface area contributed by atoms with Crippen molar-refractivity contribution in [2.24, 2.45) is 11.3 Å². The highest BCUT2D eigenvalue weighted by Crippen LogP contribution is 2.78. The predicted molar refractivity (Wildman–Crippen MR) is 100 cm³/mol. The Balaban J connectivity index is 2.63. The molecular formula is C16H34NO5PS. The molecule has 0 saturated carbocycles. The van der Waals surface area contributed by atoms with Gasteiger partial charge in [-0.15, -0.1) is 5.06 Å². The van der Waals surface area contributed by atoms with Crippen molar-refractivity contribution in [2.75, 3.05) is 38.3 Å². The van der Waals surface area contributed by atoms with E-state index >= 15 is 0 Å². The Hall–Kier alpha value is -0.200. The second-order valence-electron chi connectivity index (χ2n) is 7.62. The molecule has 0 aliphatic carbocycles. The fourth-order valence-electron chi connectivity index (χ4n) is 2.91. The molecular weight excluding hydrogens is 349 g/mol. The van der Waals surface area contributed by atoms with Gasteiger partial charge in [0.1, 0.15) is 0 Å². The molecule has 1 aliphatic rings. The van der Waals surface area contributed by atoms with Crippen LogP contribution < -0.4 is 0 Å². The summed E-state index contributed by atoms with van der Waals surface area (Å²) < 4.78 is 23.8. The van der Waals surface area contributed by atoms with Crippen LogP contribution in [0.15, 0.2) is 0 Å². The maximum absolute atomic E-state index is 12.0. The second-order valence-corrected chi connectivity index (χ2v) is 15.2. The average molecular weight is 383 g/mol. The molecule has 1 heterocycles. The number of rotatable bonds is 8. The molecule has 0 aromatic rings. The number of hydrogen-bond donors (Lipinski definition) is 1. The maximum Gasteiger partial charge on any atom is 0.330 e. The van der Waals surface area contributed by atoms with E-state index in [2.05, 4.69) is 0 Å². The van der Waals surface area contributed by atoms with Gasteiger partial charge in [0.2, 0.25) is 0 Å². The summed E-state index contributed by atoms with van der Waals surface area (Å²) in [5.74, 6) is 0.828. The molecule has 0 amide bonds. The van der Waals surface area contributed by atoms with Crippen LogP contribution in [0.1, 0.15) is 47.5 Å². The molecule has 6 nitrogen and oxygen atoms in total. The van der Waals surface area contributed by atoms with Crippen molar-refractivity contribution in [3.05, 3.63) is 0 Å². The first-order chi connectivity index (χ1) is 11.1. The Morgan fingerprint density at radius 2 is 1.67 bits per heavy atom. The summed E-state index contributed by atoms with van der Waals surface area (Å²) in [6.07, 6.45) is 3.65. The minimum Gasteiger partial charge on any atom is -0.367 e. The molecule has 1 fully saturated rings. The van der Waals surface area contributed by atoms with Crippen LogP contribution in [0.4, 0.5) is 0 Å². The predicted octanol–water partition coefficient (Wildman–Crippen LogP) is 4.01. The summed E-state index contributed by atoms with van der Waals surface area (Å²) in [4.78, 5) is 17.4. The third-order valence-corrected chi connectivity index (χ3v) is 10.2. The number of piperidine rings is 1. The molecule has 144 valence electrons. The molecule has 0 bridgehead atoms.